The zero-order chi connectivity index (χ0) is 25.1. The number of anilines is 3. The van der Waals surface area contributed by atoms with Crippen molar-refractivity contribution in [2.45, 2.75) is 19.5 Å². The summed E-state index contributed by atoms with van der Waals surface area (Å²) in [6.07, 6.45) is 3.32. The summed E-state index contributed by atoms with van der Waals surface area (Å²) in [6, 6.07) is 14.6. The van der Waals surface area contributed by atoms with E-state index in [2.05, 4.69) is 37.3 Å². The third-order valence-corrected chi connectivity index (χ3v) is 5.81. The van der Waals surface area contributed by atoms with Crippen molar-refractivity contribution in [3.8, 4) is 11.5 Å². The molecule has 36 heavy (non-hydrogen) atoms. The number of hydrogen-bond donors (Lipinski definition) is 3. The lowest BCUT2D eigenvalue weighted by molar-refractivity contribution is 0.0796. The fraction of sp³-hybridized carbons (Fsp3) is 0.192. The number of pyridine rings is 2. The maximum atomic E-state index is 12.5. The van der Waals surface area contributed by atoms with Crippen LogP contribution in [0.4, 0.5) is 17.3 Å². The summed E-state index contributed by atoms with van der Waals surface area (Å²) in [6.45, 7) is 6.22. The molecule has 1 amide bonds. The van der Waals surface area contributed by atoms with Gasteiger partial charge in [-0.3, -0.25) is 4.79 Å². The standard InChI is InChI=1S/C26H25N7O3/c1-3-11-33-14-21-18(26(33)35)9-10-23(30-21)31-24-12-20(19(13-27-24)25-28-16(2)32-36-25)29-22(15-34)17-7-5-4-6-8-17/h3-10,12-13,22,34H,1,11,14-15H2,2H3,(H2,27,29,30,31)/t22-/m1/s1. The Morgan fingerprint density at radius 2 is 2.00 bits per heavy atom. The van der Waals surface area contributed by atoms with Gasteiger partial charge in [0.05, 0.1) is 41.7 Å². The van der Waals surface area contributed by atoms with Crippen molar-refractivity contribution in [3.05, 3.63) is 90.0 Å². The smallest absolute Gasteiger partial charge is 0.261 e. The zero-order valence-corrected chi connectivity index (χ0v) is 19.7. The van der Waals surface area contributed by atoms with Crippen LogP contribution in [-0.4, -0.2) is 49.2 Å². The number of aliphatic hydroxyl groups is 1. The van der Waals surface area contributed by atoms with E-state index in [1.165, 1.54) is 0 Å². The molecule has 10 heteroatoms. The molecule has 1 aromatic carbocycles. The predicted octanol–water partition coefficient (Wildman–Crippen LogP) is 3.87. The number of aliphatic hydroxyl groups excluding tert-OH is 1. The van der Waals surface area contributed by atoms with E-state index in [1.54, 1.807) is 42.3 Å². The number of hydrogen-bond acceptors (Lipinski definition) is 9. The molecular formula is C26H25N7O3. The van der Waals surface area contributed by atoms with Gasteiger partial charge >= 0.3 is 0 Å². The fourth-order valence-corrected chi connectivity index (χ4v) is 4.07. The van der Waals surface area contributed by atoms with Gasteiger partial charge in [0.25, 0.3) is 11.8 Å². The summed E-state index contributed by atoms with van der Waals surface area (Å²) in [5, 5.41) is 20.6. The maximum absolute atomic E-state index is 12.5. The molecule has 1 aliphatic rings. The lowest BCUT2D eigenvalue weighted by atomic mass is 10.1. The molecule has 3 N–H and O–H groups in total. The minimum absolute atomic E-state index is 0.0521. The molecule has 4 aromatic rings. The molecule has 0 saturated heterocycles. The molecule has 1 aliphatic heterocycles. The second-order valence-electron chi connectivity index (χ2n) is 8.34. The number of amides is 1. The number of aryl methyl sites for hydroxylation is 1. The summed E-state index contributed by atoms with van der Waals surface area (Å²) in [7, 11) is 0. The van der Waals surface area contributed by atoms with Gasteiger partial charge in [-0.2, -0.15) is 4.98 Å². The van der Waals surface area contributed by atoms with Crippen LogP contribution in [0.1, 0.15) is 33.5 Å². The molecule has 0 fully saturated rings. The van der Waals surface area contributed by atoms with E-state index >= 15 is 0 Å². The van der Waals surface area contributed by atoms with Gasteiger partial charge in [-0.1, -0.05) is 41.6 Å². The van der Waals surface area contributed by atoms with E-state index in [0.29, 0.717) is 58.9 Å². The Morgan fingerprint density at radius 3 is 2.72 bits per heavy atom. The van der Waals surface area contributed by atoms with Gasteiger partial charge in [-0.15, -0.1) is 6.58 Å². The average molecular weight is 484 g/mol. The highest BCUT2D eigenvalue weighted by Gasteiger charge is 2.28. The van der Waals surface area contributed by atoms with E-state index in [9.17, 15) is 9.90 Å². The Morgan fingerprint density at radius 1 is 1.17 bits per heavy atom. The number of carbonyl (C=O) groups excluding carboxylic acids is 1. The van der Waals surface area contributed by atoms with Gasteiger partial charge < -0.3 is 25.2 Å². The average Bonchev–Trinajstić information content (AvgIpc) is 3.46. The van der Waals surface area contributed by atoms with Gasteiger partial charge in [0.15, 0.2) is 5.82 Å². The number of benzene rings is 1. The molecule has 0 bridgehead atoms. The molecule has 10 nitrogen and oxygen atoms in total. The lowest BCUT2D eigenvalue weighted by Crippen LogP contribution is -2.23. The number of aromatic nitrogens is 4. The first-order valence-electron chi connectivity index (χ1n) is 11.5. The molecule has 0 aliphatic carbocycles. The van der Waals surface area contributed by atoms with E-state index in [1.807, 2.05) is 30.3 Å². The summed E-state index contributed by atoms with van der Waals surface area (Å²) >= 11 is 0. The zero-order valence-electron chi connectivity index (χ0n) is 19.7. The third-order valence-electron chi connectivity index (χ3n) is 5.81. The SMILES string of the molecule is C=CCN1Cc2nc(Nc3cc(N[C@H](CO)c4ccccc4)c(-c4nc(C)no4)cn3)ccc2C1=O. The van der Waals surface area contributed by atoms with Crippen LogP contribution in [-0.2, 0) is 6.54 Å². The molecule has 182 valence electrons. The summed E-state index contributed by atoms with van der Waals surface area (Å²) < 4.78 is 5.38. The van der Waals surface area contributed by atoms with Crippen LogP contribution in [0.3, 0.4) is 0 Å². The summed E-state index contributed by atoms with van der Waals surface area (Å²) in [4.78, 5) is 27.6. The van der Waals surface area contributed by atoms with Crippen molar-refractivity contribution in [2.24, 2.45) is 0 Å². The monoisotopic (exact) mass is 483 g/mol. The van der Waals surface area contributed by atoms with Crippen molar-refractivity contribution in [2.75, 3.05) is 23.8 Å². The van der Waals surface area contributed by atoms with E-state index in [-0.39, 0.29) is 18.6 Å². The summed E-state index contributed by atoms with van der Waals surface area (Å²) in [5.41, 5.74) is 3.46. The van der Waals surface area contributed by atoms with Gasteiger partial charge in [-0.25, -0.2) is 9.97 Å². The van der Waals surface area contributed by atoms with Crippen molar-refractivity contribution in [1.29, 1.82) is 0 Å². The van der Waals surface area contributed by atoms with E-state index in [0.717, 1.165) is 5.56 Å². The van der Waals surface area contributed by atoms with Gasteiger partial charge in [0.2, 0.25) is 0 Å². The van der Waals surface area contributed by atoms with Crippen molar-refractivity contribution >= 4 is 23.2 Å². The van der Waals surface area contributed by atoms with Crippen LogP contribution in [0.15, 0.2) is 71.9 Å². The Hall–Kier alpha value is -4.57. The second-order valence-corrected chi connectivity index (χ2v) is 8.34. The van der Waals surface area contributed by atoms with Crippen LogP contribution in [0.2, 0.25) is 0 Å². The Bertz CT molecular complexity index is 1400. The normalized spacial score (nSPS) is 13.4. The van der Waals surface area contributed by atoms with Gasteiger partial charge in [0.1, 0.15) is 11.6 Å². The van der Waals surface area contributed by atoms with Crippen molar-refractivity contribution in [3.63, 3.8) is 0 Å². The van der Waals surface area contributed by atoms with Crippen LogP contribution >= 0.6 is 0 Å². The highest BCUT2D eigenvalue weighted by Crippen LogP contribution is 2.32. The van der Waals surface area contributed by atoms with Crippen LogP contribution in [0, 0.1) is 6.92 Å². The topological polar surface area (TPSA) is 129 Å². The number of rotatable bonds is 9. The Labute approximate surface area is 207 Å². The molecule has 0 unspecified atom stereocenters. The first kappa shape index (κ1) is 23.2. The first-order chi connectivity index (χ1) is 17.6. The minimum Gasteiger partial charge on any atom is -0.394 e. The van der Waals surface area contributed by atoms with Crippen molar-refractivity contribution in [1.82, 2.24) is 25.0 Å². The Balaban J connectivity index is 1.45. The second kappa shape index (κ2) is 9.96. The molecular weight excluding hydrogens is 458 g/mol. The van der Waals surface area contributed by atoms with Crippen molar-refractivity contribution < 1.29 is 14.4 Å². The summed E-state index contributed by atoms with van der Waals surface area (Å²) in [5.74, 6) is 1.84. The fourth-order valence-electron chi connectivity index (χ4n) is 4.07. The highest BCUT2D eigenvalue weighted by atomic mass is 16.5. The largest absolute Gasteiger partial charge is 0.394 e. The molecule has 0 spiro atoms. The van der Waals surface area contributed by atoms with Gasteiger partial charge in [0, 0.05) is 18.8 Å². The first-order valence-corrected chi connectivity index (χ1v) is 11.5. The molecule has 0 saturated carbocycles. The van der Waals surface area contributed by atoms with E-state index in [4.69, 9.17) is 4.52 Å². The molecule has 5 rings (SSSR count). The van der Waals surface area contributed by atoms with Crippen LogP contribution in [0.25, 0.3) is 11.5 Å². The molecule has 3 aromatic heterocycles. The Kier molecular flexibility index (Phi) is 6.42. The number of carbonyl (C=O) groups is 1. The maximum Gasteiger partial charge on any atom is 0.261 e. The quantitative estimate of drug-likeness (QED) is 0.304. The van der Waals surface area contributed by atoms with Gasteiger partial charge in [-0.05, 0) is 24.6 Å². The van der Waals surface area contributed by atoms with E-state index < -0.39 is 0 Å². The lowest BCUT2D eigenvalue weighted by Gasteiger charge is -2.20. The molecule has 1 atom stereocenters. The number of fused-ring (bicyclic) bond motifs is 1. The number of nitrogens with one attached hydrogen (secondary N) is 2. The predicted molar refractivity (Wildman–Crippen MR) is 135 cm³/mol. The number of nitrogens with zero attached hydrogens (tertiary/aromatic N) is 5. The highest BCUT2D eigenvalue weighted by molar-refractivity contribution is 5.98. The van der Waals surface area contributed by atoms with Crippen LogP contribution in [0.5, 0.6) is 0 Å². The molecule has 0 radical (unpaired) electrons. The third kappa shape index (κ3) is 4.66. The molecule has 4 heterocycles. The minimum atomic E-state index is -0.371. The van der Waals surface area contributed by atoms with Crippen LogP contribution < -0.4 is 10.6 Å².